The number of hydrogen-bond acceptors (Lipinski definition) is 7. The molecule has 180 valence electrons. The monoisotopic (exact) mass is 492 g/mol. The first-order chi connectivity index (χ1) is 17.1. The largest absolute Gasteiger partial charge is 0.497 e. The highest BCUT2D eigenvalue weighted by molar-refractivity contribution is 6.31. The molecule has 0 unspecified atom stereocenters. The second-order valence-corrected chi connectivity index (χ2v) is 8.68. The summed E-state index contributed by atoms with van der Waals surface area (Å²) in [5.41, 5.74) is 1.97. The number of halogens is 1. The van der Waals surface area contributed by atoms with Gasteiger partial charge < -0.3 is 14.1 Å². The van der Waals surface area contributed by atoms with Gasteiger partial charge in [0.05, 0.1) is 26.0 Å². The van der Waals surface area contributed by atoms with Crippen LogP contribution < -0.4 is 4.74 Å². The van der Waals surface area contributed by atoms with E-state index in [0.29, 0.717) is 49.3 Å². The lowest BCUT2D eigenvalue weighted by atomic mass is 10.0. The fourth-order valence-corrected chi connectivity index (χ4v) is 4.60. The number of ether oxygens (including phenoxy) is 1. The highest BCUT2D eigenvalue weighted by Gasteiger charge is 2.33. The molecule has 1 fully saturated rings. The predicted octanol–water partition coefficient (Wildman–Crippen LogP) is 3.52. The molecule has 1 saturated heterocycles. The Hall–Kier alpha value is -3.69. The topological polar surface area (TPSA) is 89.5 Å². The smallest absolute Gasteiger partial charge is 0.289 e. The number of amides is 1. The number of tetrazole rings is 1. The van der Waals surface area contributed by atoms with E-state index in [1.54, 1.807) is 28.8 Å². The molecule has 0 bridgehead atoms. The van der Waals surface area contributed by atoms with Crippen LogP contribution in [0.4, 0.5) is 0 Å². The summed E-state index contributed by atoms with van der Waals surface area (Å²) in [6.45, 7) is 2.89. The van der Waals surface area contributed by atoms with Crippen LogP contribution in [0.3, 0.4) is 0 Å². The quantitative estimate of drug-likeness (QED) is 0.390. The van der Waals surface area contributed by atoms with E-state index in [2.05, 4.69) is 20.4 Å². The predicted molar refractivity (Wildman–Crippen MR) is 129 cm³/mol. The molecule has 9 nitrogen and oxygen atoms in total. The van der Waals surface area contributed by atoms with Crippen molar-refractivity contribution < 1.29 is 13.9 Å². The van der Waals surface area contributed by atoms with Crippen molar-refractivity contribution in [2.24, 2.45) is 0 Å². The highest BCUT2D eigenvalue weighted by Crippen LogP contribution is 2.33. The molecule has 2 aromatic carbocycles. The Labute approximate surface area is 207 Å². The molecule has 4 aromatic rings. The molecule has 1 amide bonds. The summed E-state index contributed by atoms with van der Waals surface area (Å²) in [5.74, 6) is 1.74. The van der Waals surface area contributed by atoms with E-state index in [4.69, 9.17) is 20.8 Å². The molecule has 35 heavy (non-hydrogen) atoms. The molecule has 0 aliphatic carbocycles. The summed E-state index contributed by atoms with van der Waals surface area (Å²) >= 11 is 6.65. The van der Waals surface area contributed by atoms with Crippen molar-refractivity contribution in [3.8, 4) is 5.75 Å². The van der Waals surface area contributed by atoms with Crippen molar-refractivity contribution in [1.82, 2.24) is 30.0 Å². The Bertz CT molecular complexity index is 1270. The zero-order valence-electron chi connectivity index (χ0n) is 19.2. The van der Waals surface area contributed by atoms with Crippen LogP contribution in [0.5, 0.6) is 5.75 Å². The zero-order valence-corrected chi connectivity index (χ0v) is 20.0. The van der Waals surface area contributed by atoms with E-state index in [-0.39, 0.29) is 11.9 Å². The van der Waals surface area contributed by atoms with E-state index >= 15 is 0 Å². The van der Waals surface area contributed by atoms with Gasteiger partial charge in [-0.1, -0.05) is 41.9 Å². The second-order valence-electron chi connectivity index (χ2n) is 8.27. The number of rotatable bonds is 7. The molecule has 10 heteroatoms. The summed E-state index contributed by atoms with van der Waals surface area (Å²) in [6, 6.07) is 18.7. The third-order valence-corrected chi connectivity index (χ3v) is 6.54. The molecule has 0 spiro atoms. The first kappa shape index (κ1) is 23.1. The van der Waals surface area contributed by atoms with E-state index in [9.17, 15) is 4.79 Å². The molecule has 0 saturated carbocycles. The standard InChI is InChI=1S/C25H25ClN6O3/c1-34-19-10-8-18(9-11-19)17-32-24(27-28-29-32)23(20-5-2-3-6-21(20)26)30-12-14-31(15-13-30)25(33)22-7-4-16-35-22/h2-11,16,23H,12-15,17H2,1H3/t23-/m0/s1. The Balaban J connectivity index is 1.41. The van der Waals surface area contributed by atoms with Crippen LogP contribution in [0.1, 0.15) is 33.5 Å². The molecule has 0 N–H and O–H groups in total. The number of carbonyl (C=O) groups excluding carboxylic acids is 1. The number of carbonyl (C=O) groups is 1. The average molecular weight is 493 g/mol. The zero-order chi connectivity index (χ0) is 24.2. The van der Waals surface area contributed by atoms with Crippen molar-refractivity contribution in [2.75, 3.05) is 33.3 Å². The van der Waals surface area contributed by atoms with Gasteiger partial charge in [-0.3, -0.25) is 9.69 Å². The van der Waals surface area contributed by atoms with Gasteiger partial charge in [-0.05, 0) is 51.9 Å². The molecular formula is C25H25ClN6O3. The number of nitrogens with zero attached hydrogens (tertiary/aromatic N) is 6. The van der Waals surface area contributed by atoms with Gasteiger partial charge in [-0.2, -0.15) is 0 Å². The fourth-order valence-electron chi connectivity index (χ4n) is 4.36. The number of hydrogen-bond donors (Lipinski definition) is 0. The van der Waals surface area contributed by atoms with Crippen LogP contribution in [0.15, 0.2) is 71.3 Å². The van der Waals surface area contributed by atoms with Gasteiger partial charge in [0.25, 0.3) is 5.91 Å². The van der Waals surface area contributed by atoms with E-state index < -0.39 is 0 Å². The number of methoxy groups -OCH3 is 1. The van der Waals surface area contributed by atoms with Gasteiger partial charge in [-0.25, -0.2) is 4.68 Å². The van der Waals surface area contributed by atoms with Crippen molar-refractivity contribution in [3.63, 3.8) is 0 Å². The van der Waals surface area contributed by atoms with Crippen LogP contribution >= 0.6 is 11.6 Å². The van der Waals surface area contributed by atoms with Crippen molar-refractivity contribution in [1.29, 1.82) is 0 Å². The highest BCUT2D eigenvalue weighted by atomic mass is 35.5. The van der Waals surface area contributed by atoms with Crippen LogP contribution in [-0.4, -0.2) is 69.2 Å². The normalized spacial score (nSPS) is 15.2. The lowest BCUT2D eigenvalue weighted by Gasteiger charge is -2.38. The molecular weight excluding hydrogens is 468 g/mol. The van der Waals surface area contributed by atoms with Gasteiger partial charge >= 0.3 is 0 Å². The van der Waals surface area contributed by atoms with Crippen LogP contribution in [0, 0.1) is 0 Å². The molecule has 1 atom stereocenters. The first-order valence-corrected chi connectivity index (χ1v) is 11.7. The van der Waals surface area contributed by atoms with Crippen molar-refractivity contribution >= 4 is 17.5 Å². The summed E-state index contributed by atoms with van der Waals surface area (Å²) < 4.78 is 12.4. The Kier molecular flexibility index (Phi) is 6.78. The minimum atomic E-state index is -0.266. The summed E-state index contributed by atoms with van der Waals surface area (Å²) in [5, 5.41) is 13.3. The van der Waals surface area contributed by atoms with Crippen molar-refractivity contribution in [3.05, 3.63) is 94.7 Å². The SMILES string of the molecule is COc1ccc(Cn2nnnc2[C@H](c2ccccc2Cl)N2CCN(C(=O)c3ccco3)CC2)cc1. The lowest BCUT2D eigenvalue weighted by molar-refractivity contribution is 0.0559. The maximum absolute atomic E-state index is 12.7. The van der Waals surface area contributed by atoms with Gasteiger partial charge in [-0.15, -0.1) is 5.10 Å². The molecule has 2 aromatic heterocycles. The summed E-state index contributed by atoms with van der Waals surface area (Å²) in [6.07, 6.45) is 1.51. The van der Waals surface area contributed by atoms with Gasteiger partial charge in [0.15, 0.2) is 11.6 Å². The van der Waals surface area contributed by atoms with E-state index in [1.165, 1.54) is 6.26 Å². The molecule has 0 radical (unpaired) electrons. The van der Waals surface area contributed by atoms with E-state index in [0.717, 1.165) is 16.9 Å². The Morgan fingerprint density at radius 2 is 1.83 bits per heavy atom. The fraction of sp³-hybridized carbons (Fsp3) is 0.280. The number of benzene rings is 2. The van der Waals surface area contributed by atoms with Gasteiger partial charge in [0.2, 0.25) is 0 Å². The minimum Gasteiger partial charge on any atom is -0.497 e. The molecule has 5 rings (SSSR count). The lowest BCUT2D eigenvalue weighted by Crippen LogP contribution is -2.50. The minimum absolute atomic E-state index is 0.103. The van der Waals surface area contributed by atoms with Crippen LogP contribution in [0.25, 0.3) is 0 Å². The average Bonchev–Trinajstić information content (AvgIpc) is 3.59. The van der Waals surface area contributed by atoms with E-state index in [1.807, 2.05) is 48.5 Å². The van der Waals surface area contributed by atoms with Crippen LogP contribution in [-0.2, 0) is 6.54 Å². The Morgan fingerprint density at radius 1 is 1.06 bits per heavy atom. The second kappa shape index (κ2) is 10.3. The van der Waals surface area contributed by atoms with Crippen molar-refractivity contribution in [2.45, 2.75) is 12.6 Å². The summed E-state index contributed by atoms with van der Waals surface area (Å²) in [4.78, 5) is 16.8. The molecule has 3 heterocycles. The van der Waals surface area contributed by atoms with Gasteiger partial charge in [0.1, 0.15) is 5.75 Å². The number of furan rings is 1. The molecule has 1 aliphatic heterocycles. The van der Waals surface area contributed by atoms with Crippen LogP contribution in [0.2, 0.25) is 5.02 Å². The van der Waals surface area contributed by atoms with Gasteiger partial charge in [0, 0.05) is 31.2 Å². The number of aromatic nitrogens is 4. The number of piperazine rings is 1. The summed E-state index contributed by atoms with van der Waals surface area (Å²) in [7, 11) is 1.64. The Morgan fingerprint density at radius 3 is 2.51 bits per heavy atom. The maximum Gasteiger partial charge on any atom is 0.289 e. The molecule has 1 aliphatic rings. The first-order valence-electron chi connectivity index (χ1n) is 11.3. The third kappa shape index (κ3) is 4.91. The third-order valence-electron chi connectivity index (χ3n) is 6.19. The maximum atomic E-state index is 12.7.